The van der Waals surface area contributed by atoms with Gasteiger partial charge in [-0.25, -0.2) is 17.5 Å². The van der Waals surface area contributed by atoms with Gasteiger partial charge in [-0.2, -0.15) is 0 Å². The summed E-state index contributed by atoms with van der Waals surface area (Å²) < 4.78 is 67.2. The molecule has 2 fully saturated rings. The molecule has 3 amide bonds. The van der Waals surface area contributed by atoms with Crippen molar-refractivity contribution in [2.24, 2.45) is 0 Å². The van der Waals surface area contributed by atoms with Crippen molar-refractivity contribution in [3.05, 3.63) is 29.8 Å². The van der Waals surface area contributed by atoms with Crippen LogP contribution in [0, 0.1) is 0 Å². The second kappa shape index (κ2) is 7.48. The number of amides is 3. The van der Waals surface area contributed by atoms with Crippen LogP contribution >= 0.6 is 0 Å². The minimum absolute atomic E-state index is 0.00791. The minimum atomic E-state index is -4.76. The van der Waals surface area contributed by atoms with Crippen molar-refractivity contribution in [2.75, 3.05) is 18.8 Å². The molecule has 0 aromatic heterocycles. The van der Waals surface area contributed by atoms with Gasteiger partial charge in [0.05, 0.1) is 5.75 Å². The fourth-order valence-electron chi connectivity index (χ4n) is 3.55. The van der Waals surface area contributed by atoms with Crippen molar-refractivity contribution in [3.63, 3.8) is 0 Å². The number of hydrogen-bond donors (Lipinski definition) is 2. The molecule has 0 aliphatic carbocycles. The number of halogens is 3. The molecule has 8 nitrogen and oxygen atoms in total. The highest BCUT2D eigenvalue weighted by Gasteiger charge is 2.46. The van der Waals surface area contributed by atoms with Gasteiger partial charge in [-0.1, -0.05) is 12.1 Å². The number of urea groups is 1. The lowest BCUT2D eigenvalue weighted by atomic mass is 9.90. The third-order valence-corrected chi connectivity index (χ3v) is 7.12. The van der Waals surface area contributed by atoms with Gasteiger partial charge >= 0.3 is 12.4 Å². The van der Waals surface area contributed by atoms with Crippen LogP contribution in [0.4, 0.5) is 18.0 Å². The lowest BCUT2D eigenvalue weighted by Gasteiger charge is -2.33. The number of carbonyl (C=O) groups excluding carboxylic acids is 2. The Kier molecular flexibility index (Phi) is 5.52. The van der Waals surface area contributed by atoms with E-state index >= 15 is 0 Å². The molecule has 1 aromatic rings. The second-order valence-electron chi connectivity index (χ2n) is 7.29. The molecule has 0 spiro atoms. The largest absolute Gasteiger partial charge is 0.573 e. The number of sulfonamides is 1. The second-order valence-corrected chi connectivity index (χ2v) is 9.26. The van der Waals surface area contributed by atoms with Crippen molar-refractivity contribution < 1.29 is 35.9 Å². The summed E-state index contributed by atoms with van der Waals surface area (Å²) in [4.78, 5) is 23.2. The summed E-state index contributed by atoms with van der Waals surface area (Å²) in [6.45, 7) is 1.76. The number of rotatable bonds is 5. The van der Waals surface area contributed by atoms with Gasteiger partial charge in [0.2, 0.25) is 10.0 Å². The molecule has 2 aliphatic heterocycles. The Morgan fingerprint density at radius 1 is 1.17 bits per heavy atom. The number of carbonyl (C=O) groups is 2. The molecule has 1 aromatic carbocycles. The maximum Gasteiger partial charge on any atom is 0.573 e. The van der Waals surface area contributed by atoms with Crippen LogP contribution < -0.4 is 15.4 Å². The fourth-order valence-corrected chi connectivity index (χ4v) is 5.43. The number of piperidine rings is 1. The summed E-state index contributed by atoms with van der Waals surface area (Å²) in [5, 5.41) is 4.36. The molecule has 0 saturated carbocycles. The third-order valence-electron chi connectivity index (χ3n) is 5.02. The van der Waals surface area contributed by atoms with E-state index in [0.29, 0.717) is 12.8 Å². The van der Waals surface area contributed by atoms with Crippen molar-refractivity contribution in [1.29, 1.82) is 0 Å². The standard InChI is InChI=1S/C17H20F3N3O5S/c1-16(14(24)21-15(25)22-16)10-29(26,27)23-8-6-12(7-9-23)11-2-4-13(5-3-11)28-17(18,19)20/h2-5,12H,6-10H2,1H3,(H2,21,22,24,25). The summed E-state index contributed by atoms with van der Waals surface area (Å²) in [6.07, 6.45) is -3.80. The molecule has 2 N–H and O–H groups in total. The topological polar surface area (TPSA) is 105 Å². The molecule has 2 heterocycles. The zero-order valence-electron chi connectivity index (χ0n) is 15.5. The Morgan fingerprint density at radius 2 is 1.76 bits per heavy atom. The summed E-state index contributed by atoms with van der Waals surface area (Å²) >= 11 is 0. The van der Waals surface area contributed by atoms with Gasteiger partial charge in [0, 0.05) is 13.1 Å². The molecule has 12 heteroatoms. The Balaban J connectivity index is 1.60. The quantitative estimate of drug-likeness (QED) is 0.685. The highest BCUT2D eigenvalue weighted by molar-refractivity contribution is 7.89. The number of ether oxygens (including phenoxy) is 1. The normalized spacial score (nSPS) is 24.3. The van der Waals surface area contributed by atoms with E-state index in [9.17, 15) is 31.2 Å². The third kappa shape index (κ3) is 4.99. The van der Waals surface area contributed by atoms with Crippen LogP contribution in [0.2, 0.25) is 0 Å². The van der Waals surface area contributed by atoms with E-state index in [2.05, 4.69) is 10.1 Å². The Morgan fingerprint density at radius 3 is 2.24 bits per heavy atom. The summed E-state index contributed by atoms with van der Waals surface area (Å²) in [7, 11) is -3.80. The fraction of sp³-hybridized carbons (Fsp3) is 0.529. The maximum absolute atomic E-state index is 12.7. The molecule has 29 heavy (non-hydrogen) atoms. The number of nitrogens with zero attached hydrogens (tertiary/aromatic N) is 1. The highest BCUT2D eigenvalue weighted by atomic mass is 32.2. The molecule has 3 rings (SSSR count). The van der Waals surface area contributed by atoms with Crippen LogP contribution in [-0.2, 0) is 14.8 Å². The lowest BCUT2D eigenvalue weighted by molar-refractivity contribution is -0.274. The van der Waals surface area contributed by atoms with E-state index in [0.717, 1.165) is 5.56 Å². The van der Waals surface area contributed by atoms with Crippen LogP contribution in [0.3, 0.4) is 0 Å². The number of alkyl halides is 3. The van der Waals surface area contributed by atoms with Gasteiger partial charge in [-0.05, 0) is 43.4 Å². The molecule has 1 unspecified atom stereocenters. The Labute approximate surface area is 165 Å². The number of hydrogen-bond acceptors (Lipinski definition) is 5. The van der Waals surface area contributed by atoms with Crippen LogP contribution in [0.1, 0.15) is 31.2 Å². The van der Waals surface area contributed by atoms with Gasteiger partial charge in [0.25, 0.3) is 5.91 Å². The zero-order chi connectivity index (χ0) is 21.4. The van der Waals surface area contributed by atoms with E-state index in [-0.39, 0.29) is 24.8 Å². The van der Waals surface area contributed by atoms with Gasteiger partial charge in [0.1, 0.15) is 11.3 Å². The first kappa shape index (κ1) is 21.4. The van der Waals surface area contributed by atoms with E-state index in [1.807, 2.05) is 5.32 Å². The number of benzene rings is 1. The van der Waals surface area contributed by atoms with Gasteiger partial charge in [-0.3, -0.25) is 10.1 Å². The van der Waals surface area contributed by atoms with Crippen LogP contribution in [-0.4, -0.2) is 55.4 Å². The van der Waals surface area contributed by atoms with E-state index in [1.54, 1.807) is 0 Å². The molecular weight excluding hydrogens is 415 g/mol. The number of imide groups is 1. The predicted molar refractivity (Wildman–Crippen MR) is 95.5 cm³/mol. The first-order valence-electron chi connectivity index (χ1n) is 8.85. The van der Waals surface area contributed by atoms with E-state index in [1.165, 1.54) is 35.5 Å². The Hall–Kier alpha value is -2.34. The first-order chi connectivity index (χ1) is 13.4. The van der Waals surface area contributed by atoms with Gasteiger partial charge < -0.3 is 10.1 Å². The molecule has 160 valence electrons. The minimum Gasteiger partial charge on any atom is -0.406 e. The van der Waals surface area contributed by atoms with E-state index in [4.69, 9.17) is 0 Å². The Bertz CT molecular complexity index is 896. The first-order valence-corrected chi connectivity index (χ1v) is 10.5. The SMILES string of the molecule is CC1(CS(=O)(=O)N2CCC(c3ccc(OC(F)(F)F)cc3)CC2)NC(=O)NC1=O. The average molecular weight is 435 g/mol. The van der Waals surface area contributed by atoms with Gasteiger partial charge in [0.15, 0.2) is 0 Å². The number of nitrogens with one attached hydrogen (secondary N) is 2. The van der Waals surface area contributed by atoms with Crippen LogP contribution in [0.15, 0.2) is 24.3 Å². The predicted octanol–water partition coefficient (Wildman–Crippen LogP) is 1.69. The molecule has 0 bridgehead atoms. The van der Waals surface area contributed by atoms with Crippen LogP contribution in [0.5, 0.6) is 5.75 Å². The zero-order valence-corrected chi connectivity index (χ0v) is 16.3. The van der Waals surface area contributed by atoms with E-state index < -0.39 is 39.6 Å². The maximum atomic E-state index is 12.7. The monoisotopic (exact) mass is 435 g/mol. The van der Waals surface area contributed by atoms with Crippen molar-refractivity contribution in [1.82, 2.24) is 14.9 Å². The summed E-state index contributed by atoms with van der Waals surface area (Å²) in [5.41, 5.74) is -0.730. The summed E-state index contributed by atoms with van der Waals surface area (Å²) in [6, 6.07) is 4.80. The summed E-state index contributed by atoms with van der Waals surface area (Å²) in [5.74, 6) is -1.56. The molecule has 0 radical (unpaired) electrons. The molecular formula is C17H20F3N3O5S. The molecule has 1 atom stereocenters. The molecule has 2 aliphatic rings. The molecule has 2 saturated heterocycles. The lowest BCUT2D eigenvalue weighted by Crippen LogP contribution is -2.53. The van der Waals surface area contributed by atoms with Gasteiger partial charge in [-0.15, -0.1) is 13.2 Å². The highest BCUT2D eigenvalue weighted by Crippen LogP contribution is 2.32. The van der Waals surface area contributed by atoms with Crippen molar-refractivity contribution >= 4 is 22.0 Å². The van der Waals surface area contributed by atoms with Crippen molar-refractivity contribution in [2.45, 2.75) is 37.6 Å². The average Bonchev–Trinajstić information content (AvgIpc) is 2.85. The smallest absolute Gasteiger partial charge is 0.406 e. The van der Waals surface area contributed by atoms with Crippen molar-refractivity contribution in [3.8, 4) is 5.75 Å². The van der Waals surface area contributed by atoms with Crippen LogP contribution in [0.25, 0.3) is 0 Å².